The molecule has 0 atom stereocenters. The van der Waals surface area contributed by atoms with Gasteiger partial charge in [0.05, 0.1) is 5.75 Å². The van der Waals surface area contributed by atoms with Crippen LogP contribution in [0.3, 0.4) is 0 Å². The number of aryl methyl sites for hydroxylation is 2. The minimum absolute atomic E-state index is 0.0394. The molecule has 1 aliphatic heterocycles. The summed E-state index contributed by atoms with van der Waals surface area (Å²) in [6.45, 7) is 7.34. The van der Waals surface area contributed by atoms with Gasteiger partial charge in [0.25, 0.3) is 0 Å². The summed E-state index contributed by atoms with van der Waals surface area (Å²) in [6.07, 6.45) is 3.12. The molecule has 25 heavy (non-hydrogen) atoms. The smallest absolute Gasteiger partial charge is 0.223 e. The fourth-order valence-corrected chi connectivity index (χ4v) is 4.45. The Kier molecular flexibility index (Phi) is 7.02. The molecule has 5 nitrogen and oxygen atoms in total. The van der Waals surface area contributed by atoms with Gasteiger partial charge in [-0.05, 0) is 49.3 Å². The van der Waals surface area contributed by atoms with Crippen LogP contribution in [0.2, 0.25) is 0 Å². The van der Waals surface area contributed by atoms with Crippen molar-refractivity contribution in [2.75, 3.05) is 18.8 Å². The fourth-order valence-electron chi connectivity index (χ4n) is 3.31. The van der Waals surface area contributed by atoms with Crippen molar-refractivity contribution in [1.82, 2.24) is 9.62 Å². The van der Waals surface area contributed by atoms with Gasteiger partial charge in [0, 0.05) is 25.6 Å². The van der Waals surface area contributed by atoms with Crippen molar-refractivity contribution in [2.24, 2.45) is 5.92 Å². The van der Waals surface area contributed by atoms with Gasteiger partial charge in [-0.15, -0.1) is 0 Å². The first-order valence-corrected chi connectivity index (χ1v) is 10.9. The summed E-state index contributed by atoms with van der Waals surface area (Å²) in [4.78, 5) is 12.5. The van der Waals surface area contributed by atoms with Gasteiger partial charge < -0.3 is 5.32 Å². The van der Waals surface area contributed by atoms with E-state index in [1.807, 2.05) is 0 Å². The minimum Gasteiger partial charge on any atom is -0.352 e. The molecule has 1 aromatic carbocycles. The number of carbonyl (C=O) groups is 1. The second kappa shape index (κ2) is 8.81. The summed E-state index contributed by atoms with van der Waals surface area (Å²) in [5.74, 6) is 0.0671. The van der Waals surface area contributed by atoms with E-state index in [9.17, 15) is 13.2 Å². The minimum atomic E-state index is -3.14. The maximum atomic E-state index is 12.5. The van der Waals surface area contributed by atoms with Crippen LogP contribution in [0.5, 0.6) is 0 Å². The van der Waals surface area contributed by atoms with Crippen LogP contribution in [-0.2, 0) is 34.2 Å². The average Bonchev–Trinajstić information content (AvgIpc) is 2.65. The van der Waals surface area contributed by atoms with Gasteiger partial charge >= 0.3 is 0 Å². The first kappa shape index (κ1) is 19.9. The molecular weight excluding hydrogens is 336 g/mol. The van der Waals surface area contributed by atoms with Gasteiger partial charge in [0.15, 0.2) is 0 Å². The van der Waals surface area contributed by atoms with Crippen LogP contribution in [0.4, 0.5) is 0 Å². The highest BCUT2D eigenvalue weighted by Crippen LogP contribution is 2.20. The summed E-state index contributed by atoms with van der Waals surface area (Å²) >= 11 is 0. The number of rotatable bonds is 7. The second-order valence-electron chi connectivity index (χ2n) is 6.60. The van der Waals surface area contributed by atoms with E-state index >= 15 is 0 Å². The molecule has 0 spiro atoms. The third-order valence-corrected chi connectivity index (χ3v) is 6.98. The molecule has 1 amide bonds. The Bertz CT molecular complexity index is 693. The zero-order valence-electron chi connectivity index (χ0n) is 15.5. The van der Waals surface area contributed by atoms with E-state index in [-0.39, 0.29) is 17.6 Å². The number of hydrogen-bond donors (Lipinski definition) is 1. The van der Waals surface area contributed by atoms with E-state index < -0.39 is 10.0 Å². The highest BCUT2D eigenvalue weighted by molar-refractivity contribution is 7.89. The van der Waals surface area contributed by atoms with Crippen molar-refractivity contribution in [3.63, 3.8) is 0 Å². The van der Waals surface area contributed by atoms with Crippen LogP contribution in [0.1, 0.15) is 50.3 Å². The molecule has 0 saturated carbocycles. The average molecular weight is 367 g/mol. The number of nitrogens with zero attached hydrogens (tertiary/aromatic N) is 1. The third kappa shape index (κ3) is 5.05. The Morgan fingerprint density at radius 2 is 1.80 bits per heavy atom. The van der Waals surface area contributed by atoms with Gasteiger partial charge in [0.1, 0.15) is 0 Å². The Morgan fingerprint density at radius 1 is 1.12 bits per heavy atom. The maximum absolute atomic E-state index is 12.5. The van der Waals surface area contributed by atoms with Crippen molar-refractivity contribution in [3.8, 4) is 0 Å². The number of amides is 1. The highest BCUT2D eigenvalue weighted by Gasteiger charge is 2.30. The molecule has 1 aromatic rings. The zero-order chi connectivity index (χ0) is 18.4. The van der Waals surface area contributed by atoms with E-state index in [0.29, 0.717) is 32.5 Å². The van der Waals surface area contributed by atoms with Crippen molar-refractivity contribution in [1.29, 1.82) is 0 Å². The van der Waals surface area contributed by atoms with E-state index in [1.54, 1.807) is 6.92 Å². The molecule has 140 valence electrons. The summed E-state index contributed by atoms with van der Waals surface area (Å²) in [7, 11) is -3.14. The Balaban J connectivity index is 1.92. The maximum Gasteiger partial charge on any atom is 0.223 e. The van der Waals surface area contributed by atoms with Crippen LogP contribution < -0.4 is 5.32 Å². The number of carbonyl (C=O) groups excluding carboxylic acids is 1. The van der Waals surface area contributed by atoms with E-state index in [0.717, 1.165) is 12.8 Å². The number of nitrogens with one attached hydrogen (secondary N) is 1. The largest absolute Gasteiger partial charge is 0.352 e. The van der Waals surface area contributed by atoms with Crippen LogP contribution in [0.15, 0.2) is 18.2 Å². The molecule has 1 N–H and O–H groups in total. The molecule has 0 aliphatic carbocycles. The third-order valence-electron chi connectivity index (χ3n) is 5.10. The Morgan fingerprint density at radius 3 is 2.36 bits per heavy atom. The predicted octanol–water partition coefficient (Wildman–Crippen LogP) is 2.49. The lowest BCUT2D eigenvalue weighted by Gasteiger charge is -2.30. The first-order chi connectivity index (χ1) is 11.9. The summed E-state index contributed by atoms with van der Waals surface area (Å²) in [5.41, 5.74) is 3.72. The van der Waals surface area contributed by atoms with Gasteiger partial charge in [0.2, 0.25) is 15.9 Å². The molecule has 0 unspecified atom stereocenters. The van der Waals surface area contributed by atoms with Crippen LogP contribution in [0.25, 0.3) is 0 Å². The zero-order valence-corrected chi connectivity index (χ0v) is 16.4. The molecule has 0 aromatic heterocycles. The molecule has 0 radical (unpaired) electrons. The van der Waals surface area contributed by atoms with Crippen LogP contribution in [0, 0.1) is 5.92 Å². The lowest BCUT2D eigenvalue weighted by atomic mass is 9.96. The fraction of sp³-hybridized carbons (Fsp3) is 0.632. The van der Waals surface area contributed by atoms with Gasteiger partial charge in [-0.3, -0.25) is 4.79 Å². The van der Waals surface area contributed by atoms with Crippen LogP contribution in [-0.4, -0.2) is 37.5 Å². The number of benzene rings is 1. The van der Waals surface area contributed by atoms with Crippen molar-refractivity contribution >= 4 is 15.9 Å². The van der Waals surface area contributed by atoms with Gasteiger partial charge in [-0.2, -0.15) is 0 Å². The number of piperidine rings is 1. The van der Waals surface area contributed by atoms with Crippen LogP contribution >= 0.6 is 0 Å². The summed E-state index contributed by atoms with van der Waals surface area (Å²) in [5, 5.41) is 3.06. The monoisotopic (exact) mass is 366 g/mol. The topological polar surface area (TPSA) is 66.5 Å². The molecule has 0 bridgehead atoms. The Hall–Kier alpha value is -1.40. The normalized spacial score (nSPS) is 16.8. The van der Waals surface area contributed by atoms with Crippen molar-refractivity contribution < 1.29 is 13.2 Å². The molecule has 1 fully saturated rings. The lowest BCUT2D eigenvalue weighted by molar-refractivity contribution is -0.126. The summed E-state index contributed by atoms with van der Waals surface area (Å²) in [6, 6.07) is 6.47. The molecular formula is C19H30N2O3S. The number of hydrogen-bond acceptors (Lipinski definition) is 3. The lowest BCUT2D eigenvalue weighted by Crippen LogP contribution is -2.43. The highest BCUT2D eigenvalue weighted by atomic mass is 32.2. The molecule has 1 aliphatic rings. The van der Waals surface area contributed by atoms with Gasteiger partial charge in [-0.1, -0.05) is 32.0 Å². The quantitative estimate of drug-likeness (QED) is 0.806. The van der Waals surface area contributed by atoms with Crippen molar-refractivity contribution in [2.45, 2.75) is 53.0 Å². The van der Waals surface area contributed by atoms with Gasteiger partial charge in [-0.25, -0.2) is 12.7 Å². The van der Waals surface area contributed by atoms with E-state index in [1.165, 1.54) is 21.0 Å². The summed E-state index contributed by atoms with van der Waals surface area (Å²) < 4.78 is 25.3. The molecule has 6 heteroatoms. The Labute approximate surface area is 151 Å². The predicted molar refractivity (Wildman–Crippen MR) is 101 cm³/mol. The first-order valence-electron chi connectivity index (χ1n) is 9.27. The van der Waals surface area contributed by atoms with Crippen molar-refractivity contribution in [3.05, 3.63) is 34.9 Å². The molecule has 2 rings (SSSR count). The molecule has 1 saturated heterocycles. The molecule has 1 heterocycles. The van der Waals surface area contributed by atoms with E-state index in [4.69, 9.17) is 0 Å². The second-order valence-corrected chi connectivity index (χ2v) is 8.86. The van der Waals surface area contributed by atoms with E-state index in [2.05, 4.69) is 37.4 Å². The SMILES string of the molecule is CCc1ccc(CC)c(CNC(=O)C2CCN(S(=O)(=O)CC)CC2)c1. The standard InChI is InChI=1S/C19H30N2O3S/c1-4-15-7-8-16(5-2)18(13-15)14-20-19(22)17-9-11-21(12-10-17)25(23,24)6-3/h7-8,13,17H,4-6,9-12,14H2,1-3H3,(H,20,22). The number of sulfonamides is 1.